The normalized spacial score (nSPS) is 10.1. The van der Waals surface area contributed by atoms with E-state index in [0.29, 0.717) is 0 Å². The van der Waals surface area contributed by atoms with E-state index < -0.39 is 18.2 Å². The summed E-state index contributed by atoms with van der Waals surface area (Å²) in [6.07, 6.45) is 0. The van der Waals surface area contributed by atoms with Crippen LogP contribution in [0.4, 0.5) is 8.78 Å². The average molecular weight is 223 g/mol. The number of hydrogen-bond acceptors (Lipinski definition) is 1. The van der Waals surface area contributed by atoms with Crippen LogP contribution in [-0.2, 0) is 6.67 Å². The molecule has 0 saturated carbocycles. The Kier molecular flexibility index (Phi) is 2.44. The lowest BCUT2D eigenvalue weighted by atomic mass is 10.2. The van der Waals surface area contributed by atoms with E-state index in [9.17, 15) is 8.78 Å². The molecule has 0 aliphatic rings. The maximum atomic E-state index is 12.7. The third-order valence-electron chi connectivity index (χ3n) is 1.29. The van der Waals surface area contributed by atoms with Gasteiger partial charge in [-0.1, -0.05) is 6.07 Å². The quantitative estimate of drug-likeness (QED) is 0.775. The first-order chi connectivity index (χ1) is 5.16. The molecule has 0 aliphatic carbocycles. The van der Waals surface area contributed by atoms with E-state index in [0.717, 1.165) is 0 Å². The zero-order valence-corrected chi connectivity index (χ0v) is 7.03. The lowest BCUT2D eigenvalue weighted by molar-refractivity contribution is 0.409. The zero-order valence-electron chi connectivity index (χ0n) is 5.44. The molecule has 0 heterocycles. The van der Waals surface area contributed by atoms with Gasteiger partial charge in [0.2, 0.25) is 0 Å². The Morgan fingerprint density at radius 1 is 1.45 bits per heavy atom. The van der Waals surface area contributed by atoms with Crippen LogP contribution in [0, 0.1) is 5.82 Å². The van der Waals surface area contributed by atoms with Gasteiger partial charge < -0.3 is 5.11 Å². The lowest BCUT2D eigenvalue weighted by Gasteiger charge is -2.01. The molecule has 1 nitrogen and oxygen atoms in total. The van der Waals surface area contributed by atoms with Crippen LogP contribution in [-0.4, -0.2) is 5.11 Å². The van der Waals surface area contributed by atoms with Gasteiger partial charge in [0.25, 0.3) is 0 Å². The minimum atomic E-state index is -0.910. The molecule has 0 amide bonds. The highest BCUT2D eigenvalue weighted by atomic mass is 79.9. The van der Waals surface area contributed by atoms with Crippen LogP contribution in [0.15, 0.2) is 16.6 Å². The Morgan fingerprint density at radius 3 is 2.64 bits per heavy atom. The number of phenols is 1. The summed E-state index contributed by atoms with van der Waals surface area (Å²) in [7, 11) is 0. The molecule has 1 rings (SSSR count). The molecule has 11 heavy (non-hydrogen) atoms. The van der Waals surface area contributed by atoms with Crippen molar-refractivity contribution in [2.24, 2.45) is 0 Å². The van der Waals surface area contributed by atoms with Gasteiger partial charge in [-0.05, 0) is 22.0 Å². The maximum Gasteiger partial charge on any atom is 0.171 e. The Bertz CT molecular complexity index is 275. The third-order valence-corrected chi connectivity index (χ3v) is 1.93. The van der Waals surface area contributed by atoms with E-state index in [4.69, 9.17) is 5.11 Å². The van der Waals surface area contributed by atoms with Crippen LogP contribution in [0.2, 0.25) is 0 Å². The number of phenolic OH excluding ortho intramolecular Hbond substituents is 1. The van der Waals surface area contributed by atoms with Gasteiger partial charge in [-0.2, -0.15) is 0 Å². The van der Waals surface area contributed by atoms with Crippen LogP contribution in [0.5, 0.6) is 5.75 Å². The van der Waals surface area contributed by atoms with Crippen molar-refractivity contribution in [3.63, 3.8) is 0 Å². The molecular weight excluding hydrogens is 218 g/mol. The highest BCUT2D eigenvalue weighted by Gasteiger charge is 2.09. The minimum Gasteiger partial charge on any atom is -0.504 e. The molecule has 0 atom stereocenters. The van der Waals surface area contributed by atoms with Crippen molar-refractivity contribution in [1.82, 2.24) is 0 Å². The first kappa shape index (κ1) is 8.46. The predicted octanol–water partition coefficient (Wildman–Crippen LogP) is 2.76. The smallest absolute Gasteiger partial charge is 0.171 e. The van der Waals surface area contributed by atoms with Crippen LogP contribution in [0.1, 0.15) is 5.56 Å². The van der Waals surface area contributed by atoms with Gasteiger partial charge in [0.1, 0.15) is 6.67 Å². The number of benzene rings is 1. The molecule has 0 spiro atoms. The standard InChI is InChI=1S/C7H5BrF2O/c8-5-2-1-4(3-9)6(10)7(5)11/h1-2,11H,3H2. The maximum absolute atomic E-state index is 12.7. The SMILES string of the molecule is Oc1c(Br)ccc(CF)c1F. The van der Waals surface area contributed by atoms with Gasteiger partial charge in [-0.15, -0.1) is 0 Å². The summed E-state index contributed by atoms with van der Waals surface area (Å²) in [5, 5.41) is 8.93. The van der Waals surface area contributed by atoms with E-state index in [1.54, 1.807) is 0 Å². The van der Waals surface area contributed by atoms with Crippen LogP contribution >= 0.6 is 15.9 Å². The van der Waals surface area contributed by atoms with Gasteiger partial charge >= 0.3 is 0 Å². The van der Waals surface area contributed by atoms with E-state index in [2.05, 4.69) is 15.9 Å². The topological polar surface area (TPSA) is 20.2 Å². The molecule has 0 radical (unpaired) electrons. The van der Waals surface area contributed by atoms with Gasteiger partial charge in [0, 0.05) is 5.56 Å². The highest BCUT2D eigenvalue weighted by Crippen LogP contribution is 2.28. The molecule has 1 N–H and O–H groups in total. The number of rotatable bonds is 1. The van der Waals surface area contributed by atoms with Gasteiger partial charge in [0.15, 0.2) is 11.6 Å². The fourth-order valence-corrected chi connectivity index (χ4v) is 0.992. The Labute approximate surface area is 70.8 Å². The summed E-state index contributed by atoms with van der Waals surface area (Å²) >= 11 is 2.90. The van der Waals surface area contributed by atoms with Crippen molar-refractivity contribution in [1.29, 1.82) is 0 Å². The Hall–Kier alpha value is -0.640. The molecular formula is C7H5BrF2O. The number of alkyl halides is 1. The summed E-state index contributed by atoms with van der Waals surface area (Å²) in [6, 6.07) is 2.67. The van der Waals surface area contributed by atoms with Crippen molar-refractivity contribution in [2.75, 3.05) is 0 Å². The van der Waals surface area contributed by atoms with Crippen molar-refractivity contribution in [2.45, 2.75) is 6.67 Å². The second-order valence-electron chi connectivity index (χ2n) is 2.00. The molecule has 1 aromatic rings. The highest BCUT2D eigenvalue weighted by molar-refractivity contribution is 9.10. The molecule has 0 bridgehead atoms. The van der Waals surface area contributed by atoms with Crippen LogP contribution < -0.4 is 0 Å². The summed E-state index contributed by atoms with van der Waals surface area (Å²) in [6.45, 7) is -0.910. The van der Waals surface area contributed by atoms with E-state index in [1.165, 1.54) is 12.1 Å². The Morgan fingerprint density at radius 2 is 2.09 bits per heavy atom. The molecule has 0 aliphatic heterocycles. The predicted molar refractivity (Wildman–Crippen MR) is 40.6 cm³/mol. The molecule has 0 fully saturated rings. The molecule has 0 unspecified atom stereocenters. The van der Waals surface area contributed by atoms with Crippen LogP contribution in [0.25, 0.3) is 0 Å². The summed E-state index contributed by atoms with van der Waals surface area (Å²) < 4.78 is 24.9. The molecule has 0 saturated heterocycles. The minimum absolute atomic E-state index is 0.134. The number of aromatic hydroxyl groups is 1. The largest absolute Gasteiger partial charge is 0.504 e. The fraction of sp³-hybridized carbons (Fsp3) is 0.143. The van der Waals surface area contributed by atoms with E-state index in [1.807, 2.05) is 0 Å². The fourth-order valence-electron chi connectivity index (χ4n) is 0.686. The lowest BCUT2D eigenvalue weighted by Crippen LogP contribution is -1.87. The second-order valence-corrected chi connectivity index (χ2v) is 2.86. The Balaban J connectivity index is 3.25. The van der Waals surface area contributed by atoms with Crippen molar-refractivity contribution in [3.8, 4) is 5.75 Å². The molecule has 60 valence electrons. The van der Waals surface area contributed by atoms with Gasteiger partial charge in [-0.25, -0.2) is 8.78 Å². The molecule has 0 aromatic heterocycles. The summed E-state index contributed by atoms with van der Waals surface area (Å²) in [5.74, 6) is -1.44. The molecule has 4 heteroatoms. The van der Waals surface area contributed by atoms with Crippen molar-refractivity contribution in [3.05, 3.63) is 28.0 Å². The number of halogens is 3. The first-order valence-electron chi connectivity index (χ1n) is 2.88. The molecule has 1 aromatic carbocycles. The van der Waals surface area contributed by atoms with Gasteiger partial charge in [0.05, 0.1) is 4.47 Å². The second kappa shape index (κ2) is 3.17. The summed E-state index contributed by atoms with van der Waals surface area (Å²) in [5.41, 5.74) is -0.134. The zero-order chi connectivity index (χ0) is 8.43. The first-order valence-corrected chi connectivity index (χ1v) is 3.68. The van der Waals surface area contributed by atoms with Crippen LogP contribution in [0.3, 0.4) is 0 Å². The van der Waals surface area contributed by atoms with Gasteiger partial charge in [-0.3, -0.25) is 0 Å². The average Bonchev–Trinajstić information content (AvgIpc) is 2.01. The van der Waals surface area contributed by atoms with Crippen molar-refractivity contribution < 1.29 is 13.9 Å². The third kappa shape index (κ3) is 1.50. The monoisotopic (exact) mass is 222 g/mol. The van der Waals surface area contributed by atoms with E-state index in [-0.39, 0.29) is 10.0 Å². The number of hydrogen-bond donors (Lipinski definition) is 1. The van der Waals surface area contributed by atoms with E-state index >= 15 is 0 Å². The van der Waals surface area contributed by atoms with Crippen molar-refractivity contribution >= 4 is 15.9 Å². The summed E-state index contributed by atoms with van der Waals surface area (Å²) in [4.78, 5) is 0.